The number of carboxylic acid groups (broad SMARTS) is 1. The molecular formula is C45H68N2O16. The van der Waals surface area contributed by atoms with Crippen LogP contribution in [0, 0.1) is 34.0 Å². The number of hydrogen-bond donors (Lipinski definition) is 9. The number of benzene rings is 1. The van der Waals surface area contributed by atoms with Crippen LogP contribution in [0.5, 0.6) is 5.75 Å². The Kier molecular flexibility index (Phi) is 14.8. The second-order valence-corrected chi connectivity index (χ2v) is 19.6. The van der Waals surface area contributed by atoms with E-state index in [-0.39, 0.29) is 34.5 Å². The quantitative estimate of drug-likeness (QED) is 0.0768. The minimum atomic E-state index is -1.77. The number of rotatable bonds is 13. The van der Waals surface area contributed by atoms with Gasteiger partial charge in [0.15, 0.2) is 18.7 Å². The fraction of sp³-hybridized carbons (Fsp3) is 0.756. The highest BCUT2D eigenvalue weighted by Gasteiger charge is 2.65. The number of aliphatic hydroxyl groups excluding tert-OH is 5. The van der Waals surface area contributed by atoms with Crippen LogP contribution in [-0.4, -0.2) is 153 Å². The number of aliphatic carboxylic acids is 1. The van der Waals surface area contributed by atoms with Crippen LogP contribution in [0.25, 0.3) is 0 Å². The number of ether oxygens (including phenoxy) is 6. The first-order valence-corrected chi connectivity index (χ1v) is 21.9. The Bertz CT molecular complexity index is 1850. The summed E-state index contributed by atoms with van der Waals surface area (Å²) in [5.74, 6) is -2.82. The van der Waals surface area contributed by atoms with E-state index in [2.05, 4.69) is 32.2 Å². The van der Waals surface area contributed by atoms with Crippen molar-refractivity contribution in [2.24, 2.45) is 39.7 Å². The van der Waals surface area contributed by atoms with Crippen LogP contribution in [0.2, 0.25) is 0 Å². The molecule has 18 nitrogen and oxygen atoms in total. The molecule has 1 unspecified atom stereocenters. The van der Waals surface area contributed by atoms with Crippen molar-refractivity contribution in [2.45, 2.75) is 166 Å². The van der Waals surface area contributed by atoms with Gasteiger partial charge in [-0.25, -0.2) is 4.79 Å². The molecule has 2 heterocycles. The number of carbonyl (C=O) groups excluding carboxylic acids is 2. The van der Waals surface area contributed by atoms with Crippen molar-refractivity contribution >= 4 is 17.8 Å². The summed E-state index contributed by atoms with van der Waals surface area (Å²) in [4.78, 5) is 37.8. The summed E-state index contributed by atoms with van der Waals surface area (Å²) in [5, 5.41) is 78.6. The molecule has 0 radical (unpaired) electrons. The van der Waals surface area contributed by atoms with Crippen LogP contribution in [0.4, 0.5) is 0 Å². The van der Waals surface area contributed by atoms with E-state index in [1.54, 1.807) is 6.92 Å². The Hall–Kier alpha value is -3.27. The van der Waals surface area contributed by atoms with Crippen molar-refractivity contribution in [2.75, 3.05) is 13.7 Å². The number of aliphatic hydroxyl groups is 5. The summed E-state index contributed by atoms with van der Waals surface area (Å²) in [7, 11) is 1.48. The van der Waals surface area contributed by atoms with Crippen LogP contribution in [0.15, 0.2) is 35.9 Å². The highest BCUT2D eigenvalue weighted by atomic mass is 16.7. The van der Waals surface area contributed by atoms with Gasteiger partial charge in [0.2, 0.25) is 5.91 Å². The van der Waals surface area contributed by atoms with Crippen molar-refractivity contribution in [1.29, 1.82) is 0 Å². The van der Waals surface area contributed by atoms with Crippen molar-refractivity contribution < 1.29 is 78.6 Å². The molecule has 0 spiro atoms. The third kappa shape index (κ3) is 9.28. The minimum absolute atomic E-state index is 0.0231. The molecule has 0 aromatic heterocycles. The number of carboxylic acids is 1. The lowest BCUT2D eigenvalue weighted by Gasteiger charge is -2.67. The van der Waals surface area contributed by atoms with E-state index in [1.807, 2.05) is 13.8 Å². The number of allylic oxidation sites excluding steroid dienone is 2. The molecule has 19 atom stereocenters. The predicted molar refractivity (Wildman–Crippen MR) is 222 cm³/mol. The summed E-state index contributed by atoms with van der Waals surface area (Å²) in [6.45, 7) is 12.6. The molecule has 3 aliphatic carbocycles. The molecule has 6 rings (SSSR count). The number of phenolic OH excluding ortho intramolecular Hbond substituents is 1. The zero-order valence-electron chi connectivity index (χ0n) is 37.3. The fourth-order valence-electron chi connectivity index (χ4n) is 12.1. The molecule has 4 fully saturated rings. The molecule has 18 heteroatoms. The van der Waals surface area contributed by atoms with E-state index in [1.165, 1.54) is 38.3 Å². The Morgan fingerprint density at radius 2 is 1.67 bits per heavy atom. The van der Waals surface area contributed by atoms with Crippen LogP contribution in [0.1, 0.15) is 90.9 Å². The van der Waals surface area contributed by atoms with Gasteiger partial charge in [-0.15, -0.1) is 0 Å². The third-order valence-electron chi connectivity index (χ3n) is 15.4. The Balaban J connectivity index is 1.32. The molecule has 10 N–H and O–H groups in total. The van der Waals surface area contributed by atoms with E-state index in [9.17, 15) is 50.1 Å². The lowest BCUT2D eigenvalue weighted by atomic mass is 9.39. The fourth-order valence-corrected chi connectivity index (χ4v) is 12.1. The van der Waals surface area contributed by atoms with Gasteiger partial charge in [0.25, 0.3) is 0 Å². The summed E-state index contributed by atoms with van der Waals surface area (Å²) >= 11 is 0. The molecule has 1 aromatic carbocycles. The van der Waals surface area contributed by atoms with Crippen molar-refractivity contribution in [3.05, 3.63) is 41.5 Å². The second kappa shape index (κ2) is 18.9. The number of amides is 1. The first-order valence-electron chi connectivity index (χ1n) is 21.9. The van der Waals surface area contributed by atoms with Gasteiger partial charge >= 0.3 is 11.9 Å². The van der Waals surface area contributed by atoms with Crippen LogP contribution in [0.3, 0.4) is 0 Å². The van der Waals surface area contributed by atoms with E-state index in [4.69, 9.17) is 34.2 Å². The number of carbonyl (C=O) groups is 3. The van der Waals surface area contributed by atoms with Gasteiger partial charge in [-0.05, 0) is 98.1 Å². The van der Waals surface area contributed by atoms with Crippen molar-refractivity contribution in [3.8, 4) is 5.75 Å². The topological polar surface area (TPSA) is 286 Å². The minimum Gasteiger partial charge on any atom is -0.508 e. The lowest BCUT2D eigenvalue weighted by molar-refractivity contribution is -0.358. The first kappa shape index (κ1) is 49.2. The Morgan fingerprint density at radius 3 is 2.29 bits per heavy atom. The number of esters is 1. The third-order valence-corrected chi connectivity index (χ3v) is 15.4. The maximum Gasteiger partial charge on any atom is 0.338 e. The number of methoxy groups -OCH3 is 1. The molecule has 63 heavy (non-hydrogen) atoms. The highest BCUT2D eigenvalue weighted by molar-refractivity contribution is 5.90. The molecule has 2 aliphatic heterocycles. The van der Waals surface area contributed by atoms with Gasteiger partial charge in [-0.2, -0.15) is 0 Å². The van der Waals surface area contributed by atoms with Crippen molar-refractivity contribution in [3.63, 3.8) is 0 Å². The zero-order valence-corrected chi connectivity index (χ0v) is 37.3. The van der Waals surface area contributed by atoms with Gasteiger partial charge in [0.05, 0.1) is 36.6 Å². The maximum absolute atomic E-state index is 13.5. The predicted octanol–water partition coefficient (Wildman–Crippen LogP) is 1.35. The number of hydrogen-bond acceptors (Lipinski definition) is 16. The normalized spacial score (nSPS) is 42.1. The van der Waals surface area contributed by atoms with Crippen LogP contribution in [-0.2, 0) is 38.0 Å². The van der Waals surface area contributed by atoms with Gasteiger partial charge in [0.1, 0.15) is 48.4 Å². The summed E-state index contributed by atoms with van der Waals surface area (Å²) < 4.78 is 36.7. The number of nitrogens with two attached hydrogens (primary N) is 1. The monoisotopic (exact) mass is 892 g/mol. The molecule has 2 saturated heterocycles. The summed E-state index contributed by atoms with van der Waals surface area (Å²) in [6, 6.07) is 2.80. The molecule has 2 saturated carbocycles. The average molecular weight is 893 g/mol. The Labute approximate surface area is 368 Å². The van der Waals surface area contributed by atoms with Gasteiger partial charge in [0, 0.05) is 14.0 Å². The van der Waals surface area contributed by atoms with E-state index in [0.29, 0.717) is 12.8 Å². The summed E-state index contributed by atoms with van der Waals surface area (Å²) in [6.07, 6.45) is -11.0. The van der Waals surface area contributed by atoms with E-state index < -0.39 is 121 Å². The number of fused-ring (bicyclic) bond motifs is 3. The van der Waals surface area contributed by atoms with E-state index in [0.717, 1.165) is 24.8 Å². The molecule has 5 aliphatic rings. The summed E-state index contributed by atoms with van der Waals surface area (Å²) in [5.41, 5.74) is 5.77. The van der Waals surface area contributed by atoms with Gasteiger partial charge < -0.3 is 75.2 Å². The second-order valence-electron chi connectivity index (χ2n) is 19.6. The SMILES string of the molecule is CO[C@@H](C[C@@H]1C(C)=CC[C@@H]2[C@]3(C)C[C@H](O[C@@H]4O[C@@H](C)[C@H](OC(=O)c5cccc(O)c5)[C@@H](O[C@@H]5O[C@H](CO)[C@@H](O)[C@H](O)[C@H]5NC(C)=O)C4O)[C@@H](O)C(C)(C)[C@H]3CC[C@]21C)[C@H](N)C(=O)O. The van der Waals surface area contributed by atoms with Crippen LogP contribution < -0.4 is 11.1 Å². The van der Waals surface area contributed by atoms with Gasteiger partial charge in [-0.1, -0.05) is 45.4 Å². The highest BCUT2D eigenvalue weighted by Crippen LogP contribution is 2.69. The molecule has 1 amide bonds. The number of aromatic hydroxyl groups is 1. The standard InChI is InChI=1S/C45H68N2O16/c1-20-12-13-30-44(6,25(20)17-26(58-8)31(46)39(55)56)15-14-29-43(4,5)38(54)27(18-45(29,30)7)60-42-35(53)37(36(21(2)59-42)62-40(57)23-10-9-11-24(50)16-23)63-41-32(47-22(3)49)34(52)33(51)28(19-48)61-41/h9-12,16,21,25-38,41-42,48,50-54H,13-15,17-19,46H2,1-8H3,(H,47,49)(H,55,56)/t21-,25+,26-,27-,28+,29+,30-,31-,32+,33+,34+,35?,36-,37-,38+,41-,42-,44-,45+/m0/s1. The number of nitrogens with one attached hydrogen (secondary N) is 1. The van der Waals surface area contributed by atoms with Crippen LogP contribution >= 0.6 is 0 Å². The largest absolute Gasteiger partial charge is 0.508 e. The van der Waals surface area contributed by atoms with Crippen molar-refractivity contribution in [1.82, 2.24) is 5.32 Å². The number of phenols is 1. The molecule has 354 valence electrons. The van der Waals surface area contributed by atoms with E-state index >= 15 is 0 Å². The lowest BCUT2D eigenvalue weighted by Crippen LogP contribution is -2.68. The first-order chi connectivity index (χ1) is 29.5. The smallest absolute Gasteiger partial charge is 0.338 e. The average Bonchev–Trinajstić information content (AvgIpc) is 3.21. The molecular weight excluding hydrogens is 824 g/mol. The molecule has 0 bridgehead atoms. The zero-order chi connectivity index (χ0) is 46.5. The van der Waals surface area contributed by atoms with Gasteiger partial charge in [-0.3, -0.25) is 9.59 Å². The Morgan fingerprint density at radius 1 is 0.968 bits per heavy atom. The molecule has 1 aromatic rings. The maximum atomic E-state index is 13.5.